The first-order chi connectivity index (χ1) is 9.52. The van der Waals surface area contributed by atoms with E-state index in [2.05, 4.69) is 4.98 Å². The van der Waals surface area contributed by atoms with Crippen molar-refractivity contribution in [2.24, 2.45) is 0 Å². The van der Waals surface area contributed by atoms with E-state index >= 15 is 0 Å². The number of anilines is 1. The maximum atomic E-state index is 11.2. The molecule has 0 bridgehead atoms. The second kappa shape index (κ2) is 5.80. The minimum absolute atomic E-state index is 0.143. The first kappa shape index (κ1) is 14.2. The summed E-state index contributed by atoms with van der Waals surface area (Å²) in [6.07, 6.45) is 0.591. The van der Waals surface area contributed by atoms with E-state index in [1.54, 1.807) is 4.90 Å². The number of carbonyl (C=O) groups is 1. The fraction of sp³-hybridized carbons (Fsp3) is 0.455. The zero-order valence-corrected chi connectivity index (χ0v) is 10.4. The van der Waals surface area contributed by atoms with Gasteiger partial charge in [-0.25, -0.2) is 9.78 Å². The van der Waals surface area contributed by atoms with E-state index in [1.165, 1.54) is 0 Å². The van der Waals surface area contributed by atoms with Crippen LogP contribution in [0.3, 0.4) is 0 Å². The molecule has 2 N–H and O–H groups in total. The van der Waals surface area contributed by atoms with Gasteiger partial charge in [0.25, 0.3) is 5.69 Å². The molecule has 0 spiro atoms. The zero-order chi connectivity index (χ0) is 14.7. The van der Waals surface area contributed by atoms with Crippen molar-refractivity contribution >= 4 is 17.5 Å². The maximum absolute atomic E-state index is 11.2. The topological polar surface area (TPSA) is 126 Å². The van der Waals surface area contributed by atoms with Crippen molar-refractivity contribution in [3.8, 4) is 0 Å². The highest BCUT2D eigenvalue weighted by molar-refractivity contribution is 5.94. The van der Waals surface area contributed by atoms with E-state index in [9.17, 15) is 14.9 Å². The first-order valence-corrected chi connectivity index (χ1v) is 5.88. The van der Waals surface area contributed by atoms with E-state index < -0.39 is 17.0 Å². The third kappa shape index (κ3) is 2.83. The van der Waals surface area contributed by atoms with E-state index in [4.69, 9.17) is 14.9 Å². The highest BCUT2D eigenvalue weighted by Crippen LogP contribution is 2.24. The van der Waals surface area contributed by atoms with Crippen LogP contribution in [0.5, 0.6) is 0 Å². The molecule has 0 aromatic carbocycles. The van der Waals surface area contributed by atoms with Crippen LogP contribution in [-0.2, 0) is 4.74 Å². The number of aliphatic hydroxyl groups is 1. The molecule has 0 amide bonds. The molecule has 1 aliphatic heterocycles. The molecule has 108 valence electrons. The predicted octanol–water partition coefficient (Wildman–Crippen LogP) is -0.115. The number of morpholine rings is 1. The van der Waals surface area contributed by atoms with Gasteiger partial charge in [0.1, 0.15) is 17.6 Å². The number of hydrogen-bond acceptors (Lipinski definition) is 7. The Hall–Kier alpha value is -2.26. The van der Waals surface area contributed by atoms with Crippen molar-refractivity contribution in [2.75, 3.05) is 31.2 Å². The lowest BCUT2D eigenvalue weighted by atomic mass is 10.2. The van der Waals surface area contributed by atoms with E-state index in [1.807, 2.05) is 0 Å². The molecular formula is C11H13N3O6. The molecule has 1 fully saturated rings. The molecule has 1 aromatic rings. The van der Waals surface area contributed by atoms with Gasteiger partial charge in [-0.2, -0.15) is 0 Å². The average molecular weight is 283 g/mol. The number of pyridine rings is 1. The Bertz CT molecular complexity index is 535. The Morgan fingerprint density at radius 2 is 2.40 bits per heavy atom. The minimum Gasteiger partial charge on any atom is -0.478 e. The van der Waals surface area contributed by atoms with Crippen molar-refractivity contribution in [3.05, 3.63) is 27.9 Å². The largest absolute Gasteiger partial charge is 0.478 e. The maximum Gasteiger partial charge on any atom is 0.339 e. The Morgan fingerprint density at radius 1 is 1.65 bits per heavy atom. The second-order valence-corrected chi connectivity index (χ2v) is 4.25. The zero-order valence-electron chi connectivity index (χ0n) is 10.4. The van der Waals surface area contributed by atoms with Crippen molar-refractivity contribution in [3.63, 3.8) is 0 Å². The van der Waals surface area contributed by atoms with Gasteiger partial charge in [-0.15, -0.1) is 0 Å². The number of ether oxygens (including phenoxy) is 1. The molecule has 2 rings (SSSR count). The van der Waals surface area contributed by atoms with Crippen LogP contribution in [0, 0.1) is 10.1 Å². The van der Waals surface area contributed by atoms with Gasteiger partial charge in [0.05, 0.1) is 24.2 Å². The summed E-state index contributed by atoms with van der Waals surface area (Å²) >= 11 is 0. The van der Waals surface area contributed by atoms with E-state index in [0.717, 1.165) is 12.3 Å². The highest BCUT2D eigenvalue weighted by atomic mass is 16.6. The summed E-state index contributed by atoms with van der Waals surface area (Å²) in [5.41, 5.74) is -0.615. The number of aliphatic hydroxyl groups excluding tert-OH is 1. The number of nitro groups is 1. The number of rotatable bonds is 4. The number of carboxylic acids is 1. The Balaban J connectivity index is 2.35. The van der Waals surface area contributed by atoms with E-state index in [0.29, 0.717) is 13.2 Å². The number of aromatic carboxylic acids is 1. The summed E-state index contributed by atoms with van der Waals surface area (Å²) in [7, 11) is 0. The molecule has 1 saturated heterocycles. The smallest absolute Gasteiger partial charge is 0.339 e. The van der Waals surface area contributed by atoms with Crippen LogP contribution in [-0.4, -0.2) is 58.5 Å². The summed E-state index contributed by atoms with van der Waals surface area (Å²) < 4.78 is 5.27. The van der Waals surface area contributed by atoms with Gasteiger partial charge in [-0.05, 0) is 0 Å². The van der Waals surface area contributed by atoms with Crippen LogP contribution < -0.4 is 4.90 Å². The summed E-state index contributed by atoms with van der Waals surface area (Å²) in [5.74, 6) is -1.15. The number of hydrogen-bond donors (Lipinski definition) is 2. The monoisotopic (exact) mass is 283 g/mol. The molecular weight excluding hydrogens is 270 g/mol. The standard InChI is InChI=1S/C11H13N3O6/c15-6-8-5-13(1-2-20-8)10-9(11(16)17)3-7(4-12-10)14(18)19/h3-4,8,15H,1-2,5-6H2,(H,16,17). The Morgan fingerprint density at radius 3 is 3.00 bits per heavy atom. The quantitative estimate of drug-likeness (QED) is 0.578. The SMILES string of the molecule is O=C(O)c1cc([N+](=O)[O-])cnc1N1CCOC(CO)C1. The summed E-state index contributed by atoms with van der Waals surface area (Å²) in [5, 5.41) is 28.9. The van der Waals surface area contributed by atoms with Crippen LogP contribution in [0.1, 0.15) is 10.4 Å². The van der Waals surface area contributed by atoms with Crippen molar-refractivity contribution in [1.29, 1.82) is 0 Å². The minimum atomic E-state index is -1.29. The third-order valence-corrected chi connectivity index (χ3v) is 2.94. The molecule has 0 saturated carbocycles. The fourth-order valence-electron chi connectivity index (χ4n) is 1.98. The van der Waals surface area contributed by atoms with Gasteiger partial charge in [0.15, 0.2) is 0 Å². The molecule has 0 aliphatic carbocycles. The van der Waals surface area contributed by atoms with Crippen molar-refractivity contribution in [2.45, 2.75) is 6.10 Å². The average Bonchev–Trinajstić information content (AvgIpc) is 2.46. The molecule has 1 aromatic heterocycles. The highest BCUT2D eigenvalue weighted by Gasteiger charge is 2.26. The van der Waals surface area contributed by atoms with E-state index in [-0.39, 0.29) is 30.2 Å². The fourth-order valence-corrected chi connectivity index (χ4v) is 1.98. The lowest BCUT2D eigenvalue weighted by Crippen LogP contribution is -2.45. The molecule has 1 aliphatic rings. The first-order valence-electron chi connectivity index (χ1n) is 5.88. The Labute approximate surface area is 113 Å². The molecule has 1 atom stereocenters. The lowest BCUT2D eigenvalue weighted by molar-refractivity contribution is -0.385. The molecule has 2 heterocycles. The van der Waals surface area contributed by atoms with Gasteiger partial charge in [-0.1, -0.05) is 0 Å². The van der Waals surface area contributed by atoms with Crippen molar-refractivity contribution < 1.29 is 24.7 Å². The number of nitrogens with zero attached hydrogens (tertiary/aromatic N) is 3. The van der Waals surface area contributed by atoms with Gasteiger partial charge < -0.3 is 19.8 Å². The summed E-state index contributed by atoms with van der Waals surface area (Å²) in [6, 6.07) is 0.980. The molecule has 9 nitrogen and oxygen atoms in total. The van der Waals surface area contributed by atoms with Gasteiger partial charge >= 0.3 is 5.97 Å². The van der Waals surface area contributed by atoms with Crippen LogP contribution >= 0.6 is 0 Å². The van der Waals surface area contributed by atoms with Crippen LogP contribution in [0.15, 0.2) is 12.3 Å². The molecule has 1 unspecified atom stereocenters. The van der Waals surface area contributed by atoms with Crippen LogP contribution in [0.2, 0.25) is 0 Å². The van der Waals surface area contributed by atoms with Crippen LogP contribution in [0.25, 0.3) is 0 Å². The summed E-state index contributed by atoms with van der Waals surface area (Å²) in [4.78, 5) is 26.7. The molecule has 20 heavy (non-hydrogen) atoms. The molecule has 9 heteroatoms. The Kier molecular flexibility index (Phi) is 4.11. The summed E-state index contributed by atoms with van der Waals surface area (Å²) in [6.45, 7) is 0.817. The normalized spacial score (nSPS) is 18.9. The van der Waals surface area contributed by atoms with Gasteiger partial charge in [0.2, 0.25) is 0 Å². The predicted molar refractivity (Wildman–Crippen MR) is 66.9 cm³/mol. The number of aromatic nitrogens is 1. The van der Waals surface area contributed by atoms with Crippen molar-refractivity contribution in [1.82, 2.24) is 4.98 Å². The molecule has 0 radical (unpaired) electrons. The van der Waals surface area contributed by atoms with Crippen LogP contribution in [0.4, 0.5) is 11.5 Å². The van der Waals surface area contributed by atoms with Gasteiger partial charge in [-0.3, -0.25) is 10.1 Å². The lowest BCUT2D eigenvalue weighted by Gasteiger charge is -2.33. The third-order valence-electron chi connectivity index (χ3n) is 2.94. The van der Waals surface area contributed by atoms with Gasteiger partial charge in [0, 0.05) is 19.2 Å². The second-order valence-electron chi connectivity index (χ2n) is 4.25. The number of carboxylic acid groups (broad SMARTS) is 1.